The number of halogens is 2. The zero-order valence-corrected chi connectivity index (χ0v) is 10.6. The van der Waals surface area contributed by atoms with E-state index in [1.54, 1.807) is 6.07 Å². The topological polar surface area (TPSA) is 55.4 Å². The smallest absolute Gasteiger partial charge is 0.253 e. The summed E-state index contributed by atoms with van der Waals surface area (Å²) < 4.78 is 4.78. The van der Waals surface area contributed by atoms with Crippen LogP contribution in [0.1, 0.15) is 10.4 Å². The number of carbonyl (C=O) groups excluding carboxylic acids is 2. The number of amides is 1. The lowest BCUT2D eigenvalue weighted by molar-refractivity contribution is -0.110. The molecule has 0 spiro atoms. The number of methoxy groups -OCH3 is 1. The van der Waals surface area contributed by atoms with Crippen LogP contribution in [-0.4, -0.2) is 32.0 Å². The lowest BCUT2D eigenvalue weighted by Crippen LogP contribution is -2.39. The maximum absolute atomic E-state index is 11.8. The van der Waals surface area contributed by atoms with Gasteiger partial charge in [0.2, 0.25) is 0 Å². The third-order valence-corrected chi connectivity index (χ3v) is 2.56. The molecule has 1 rings (SSSR count). The van der Waals surface area contributed by atoms with Crippen LogP contribution in [0.3, 0.4) is 0 Å². The highest BCUT2D eigenvalue weighted by Gasteiger charge is 2.15. The fourth-order valence-electron chi connectivity index (χ4n) is 1.21. The van der Waals surface area contributed by atoms with E-state index in [1.807, 2.05) is 0 Å². The second kappa shape index (κ2) is 6.59. The van der Waals surface area contributed by atoms with Gasteiger partial charge in [-0.2, -0.15) is 0 Å². The van der Waals surface area contributed by atoms with E-state index in [1.165, 1.54) is 19.2 Å². The molecule has 0 saturated carbocycles. The van der Waals surface area contributed by atoms with Crippen molar-refractivity contribution in [2.75, 3.05) is 13.7 Å². The highest BCUT2D eigenvalue weighted by atomic mass is 35.5. The third-order valence-electron chi connectivity index (χ3n) is 2.00. The number of rotatable bonds is 5. The Balaban J connectivity index is 2.81. The van der Waals surface area contributed by atoms with Gasteiger partial charge in [0.1, 0.15) is 12.3 Å². The summed E-state index contributed by atoms with van der Waals surface area (Å²) in [7, 11) is 1.44. The van der Waals surface area contributed by atoms with Crippen LogP contribution in [0.25, 0.3) is 0 Å². The van der Waals surface area contributed by atoms with Crippen molar-refractivity contribution in [1.29, 1.82) is 0 Å². The summed E-state index contributed by atoms with van der Waals surface area (Å²) in [6.07, 6.45) is 0.597. The summed E-state index contributed by atoms with van der Waals surface area (Å²) in [5.74, 6) is -0.466. The van der Waals surface area contributed by atoms with E-state index in [0.29, 0.717) is 11.3 Å². The molecular weight excluding hydrogens is 265 g/mol. The summed E-state index contributed by atoms with van der Waals surface area (Å²) in [4.78, 5) is 22.5. The molecule has 1 aromatic rings. The Bertz CT molecular complexity index is 423. The van der Waals surface area contributed by atoms with Crippen LogP contribution in [0.2, 0.25) is 10.0 Å². The number of carbonyl (C=O) groups is 2. The predicted molar refractivity (Wildman–Crippen MR) is 65.7 cm³/mol. The van der Waals surface area contributed by atoms with E-state index >= 15 is 0 Å². The Morgan fingerprint density at radius 1 is 1.53 bits per heavy atom. The zero-order valence-electron chi connectivity index (χ0n) is 9.07. The normalized spacial score (nSPS) is 11.9. The summed E-state index contributed by atoms with van der Waals surface area (Å²) in [6.45, 7) is 0.105. The van der Waals surface area contributed by atoms with E-state index in [-0.39, 0.29) is 17.2 Å². The van der Waals surface area contributed by atoms with E-state index in [4.69, 9.17) is 27.9 Å². The van der Waals surface area contributed by atoms with Crippen molar-refractivity contribution in [3.63, 3.8) is 0 Å². The van der Waals surface area contributed by atoms with Crippen molar-refractivity contribution in [1.82, 2.24) is 5.32 Å². The van der Waals surface area contributed by atoms with E-state index in [2.05, 4.69) is 5.32 Å². The minimum Gasteiger partial charge on any atom is -0.382 e. The second-order valence-corrected chi connectivity index (χ2v) is 4.14. The first-order valence-corrected chi connectivity index (χ1v) is 5.54. The molecule has 0 aliphatic heterocycles. The highest BCUT2D eigenvalue weighted by Crippen LogP contribution is 2.20. The van der Waals surface area contributed by atoms with Gasteiger partial charge in [0, 0.05) is 12.1 Å². The average molecular weight is 276 g/mol. The summed E-state index contributed by atoms with van der Waals surface area (Å²) in [6, 6.07) is 3.83. The van der Waals surface area contributed by atoms with Gasteiger partial charge in [-0.05, 0) is 18.2 Å². The number of nitrogens with one attached hydrogen (secondary N) is 1. The molecule has 0 fully saturated rings. The molecule has 0 aliphatic carbocycles. The van der Waals surface area contributed by atoms with Gasteiger partial charge < -0.3 is 14.8 Å². The summed E-state index contributed by atoms with van der Waals surface area (Å²) >= 11 is 11.6. The third kappa shape index (κ3) is 4.00. The van der Waals surface area contributed by atoms with Gasteiger partial charge in [0.25, 0.3) is 5.91 Å². The molecule has 1 atom stereocenters. The molecule has 1 N–H and O–H groups in total. The molecule has 0 heterocycles. The molecule has 0 bridgehead atoms. The molecule has 1 amide bonds. The maximum Gasteiger partial charge on any atom is 0.253 e. The maximum atomic E-state index is 11.8. The number of benzene rings is 1. The number of hydrogen-bond donors (Lipinski definition) is 1. The number of aldehydes is 1. The fourth-order valence-corrected chi connectivity index (χ4v) is 1.59. The van der Waals surface area contributed by atoms with E-state index in [0.717, 1.165) is 0 Å². The van der Waals surface area contributed by atoms with Gasteiger partial charge in [0.05, 0.1) is 17.2 Å². The minimum atomic E-state index is -0.706. The Morgan fingerprint density at radius 2 is 2.24 bits per heavy atom. The van der Waals surface area contributed by atoms with Gasteiger partial charge in [-0.3, -0.25) is 4.79 Å². The van der Waals surface area contributed by atoms with Crippen molar-refractivity contribution in [3.05, 3.63) is 33.8 Å². The Morgan fingerprint density at radius 3 is 2.82 bits per heavy atom. The Hall–Kier alpha value is -1.10. The van der Waals surface area contributed by atoms with Crippen molar-refractivity contribution in [2.45, 2.75) is 6.04 Å². The van der Waals surface area contributed by atoms with Gasteiger partial charge in [0.15, 0.2) is 0 Å². The van der Waals surface area contributed by atoms with Crippen LogP contribution >= 0.6 is 23.2 Å². The minimum absolute atomic E-state index is 0.105. The standard InChI is InChI=1S/C11H11Cl2NO3/c1-17-6-8(5-15)14-11(16)9-4-7(12)2-3-10(9)13/h2-5,8H,6H2,1H3,(H,14,16). The molecule has 0 radical (unpaired) electrons. The molecule has 92 valence electrons. The van der Waals surface area contributed by atoms with E-state index in [9.17, 15) is 9.59 Å². The SMILES string of the molecule is COCC(C=O)NC(=O)c1cc(Cl)ccc1Cl. The molecule has 6 heteroatoms. The molecular formula is C11H11Cl2NO3. The van der Waals surface area contributed by atoms with Crippen LogP contribution in [0, 0.1) is 0 Å². The average Bonchev–Trinajstić information content (AvgIpc) is 2.31. The van der Waals surface area contributed by atoms with Crippen molar-refractivity contribution in [2.24, 2.45) is 0 Å². The van der Waals surface area contributed by atoms with Crippen LogP contribution in [0.5, 0.6) is 0 Å². The molecule has 0 aromatic heterocycles. The highest BCUT2D eigenvalue weighted by molar-refractivity contribution is 6.35. The van der Waals surface area contributed by atoms with E-state index < -0.39 is 11.9 Å². The van der Waals surface area contributed by atoms with Crippen molar-refractivity contribution in [3.8, 4) is 0 Å². The summed E-state index contributed by atoms with van der Waals surface area (Å²) in [5, 5.41) is 3.15. The monoisotopic (exact) mass is 275 g/mol. The lowest BCUT2D eigenvalue weighted by atomic mass is 10.2. The molecule has 0 saturated heterocycles. The quantitative estimate of drug-likeness (QED) is 0.836. The van der Waals surface area contributed by atoms with Crippen LogP contribution in [-0.2, 0) is 9.53 Å². The van der Waals surface area contributed by atoms with Crippen LogP contribution in [0.15, 0.2) is 18.2 Å². The van der Waals surface area contributed by atoms with Crippen LogP contribution < -0.4 is 5.32 Å². The lowest BCUT2D eigenvalue weighted by Gasteiger charge is -2.12. The summed E-state index contributed by atoms with van der Waals surface area (Å²) in [5.41, 5.74) is 0.224. The molecule has 1 unspecified atom stereocenters. The second-order valence-electron chi connectivity index (χ2n) is 3.30. The van der Waals surface area contributed by atoms with Gasteiger partial charge in [-0.25, -0.2) is 0 Å². The largest absolute Gasteiger partial charge is 0.382 e. The van der Waals surface area contributed by atoms with Gasteiger partial charge in [-0.1, -0.05) is 23.2 Å². The molecule has 17 heavy (non-hydrogen) atoms. The van der Waals surface area contributed by atoms with Crippen molar-refractivity contribution >= 4 is 35.4 Å². The van der Waals surface area contributed by atoms with Crippen molar-refractivity contribution < 1.29 is 14.3 Å². The Kier molecular flexibility index (Phi) is 5.41. The Labute approximate surface area is 109 Å². The first-order valence-electron chi connectivity index (χ1n) is 4.78. The number of hydrogen-bond acceptors (Lipinski definition) is 3. The first kappa shape index (κ1) is 14.0. The molecule has 4 nitrogen and oxygen atoms in total. The number of ether oxygens (including phenoxy) is 1. The van der Waals surface area contributed by atoms with Gasteiger partial charge in [-0.15, -0.1) is 0 Å². The molecule has 1 aromatic carbocycles. The van der Waals surface area contributed by atoms with Gasteiger partial charge >= 0.3 is 0 Å². The molecule has 0 aliphatic rings. The zero-order chi connectivity index (χ0) is 12.8. The predicted octanol–water partition coefficient (Wildman–Crippen LogP) is 1.94. The van der Waals surface area contributed by atoms with Crippen LogP contribution in [0.4, 0.5) is 0 Å². The fraction of sp³-hybridized carbons (Fsp3) is 0.273. The first-order chi connectivity index (χ1) is 8.08.